The number of halogens is 2. The smallest absolute Gasteiger partial charge is 0.175 e. The summed E-state index contributed by atoms with van der Waals surface area (Å²) >= 11 is 18.1. The zero-order valence-electron chi connectivity index (χ0n) is 16.2. The molecule has 0 aliphatic heterocycles. The molecule has 7 heteroatoms. The number of thiocarbonyl (C=S) groups is 1. The third-order valence-electron chi connectivity index (χ3n) is 4.63. The Morgan fingerprint density at radius 1 is 1.04 bits per heavy atom. The summed E-state index contributed by atoms with van der Waals surface area (Å²) in [6.45, 7) is 8.53. The van der Waals surface area contributed by atoms with E-state index >= 15 is 0 Å². The third kappa shape index (κ3) is 4.49. The molecule has 1 heterocycles. The highest BCUT2D eigenvalue weighted by molar-refractivity contribution is 7.80. The predicted molar refractivity (Wildman–Crippen MR) is 123 cm³/mol. The van der Waals surface area contributed by atoms with E-state index < -0.39 is 0 Å². The van der Waals surface area contributed by atoms with Gasteiger partial charge in [0.15, 0.2) is 5.11 Å². The molecule has 0 atom stereocenters. The van der Waals surface area contributed by atoms with Crippen LogP contribution in [0.4, 0.5) is 11.4 Å². The van der Waals surface area contributed by atoms with Crippen LogP contribution in [0.3, 0.4) is 0 Å². The number of aryl methyl sites for hydroxylation is 3. The van der Waals surface area contributed by atoms with Crippen LogP contribution in [0, 0.1) is 27.7 Å². The Morgan fingerprint density at radius 3 is 2.39 bits per heavy atom. The maximum Gasteiger partial charge on any atom is 0.175 e. The average molecular weight is 433 g/mol. The second-order valence-electron chi connectivity index (χ2n) is 6.80. The van der Waals surface area contributed by atoms with Gasteiger partial charge < -0.3 is 10.6 Å². The van der Waals surface area contributed by atoms with Crippen LogP contribution in [-0.2, 0) is 6.54 Å². The van der Waals surface area contributed by atoms with Crippen molar-refractivity contribution < 1.29 is 0 Å². The van der Waals surface area contributed by atoms with Gasteiger partial charge in [-0.05, 0) is 69.2 Å². The van der Waals surface area contributed by atoms with Gasteiger partial charge in [0.1, 0.15) is 0 Å². The first-order valence-electron chi connectivity index (χ1n) is 8.88. The van der Waals surface area contributed by atoms with Gasteiger partial charge in [-0.15, -0.1) is 0 Å². The Bertz CT molecular complexity index is 1020. The molecule has 1 aromatic heterocycles. The zero-order chi connectivity index (χ0) is 20.4. The van der Waals surface area contributed by atoms with Gasteiger partial charge >= 0.3 is 0 Å². The Labute approximate surface area is 180 Å². The Morgan fingerprint density at radius 2 is 1.71 bits per heavy atom. The highest BCUT2D eigenvalue weighted by Crippen LogP contribution is 2.27. The first kappa shape index (κ1) is 20.6. The van der Waals surface area contributed by atoms with Gasteiger partial charge in [0.2, 0.25) is 0 Å². The lowest BCUT2D eigenvalue weighted by atomic mass is 10.1. The van der Waals surface area contributed by atoms with Gasteiger partial charge in [0, 0.05) is 21.3 Å². The number of nitrogens with zero attached hydrogens (tertiary/aromatic N) is 2. The summed E-state index contributed by atoms with van der Waals surface area (Å²) in [6, 6.07) is 11.7. The first-order valence-corrected chi connectivity index (χ1v) is 10.0. The van der Waals surface area contributed by atoms with Crippen LogP contribution in [0.1, 0.15) is 28.1 Å². The van der Waals surface area contributed by atoms with E-state index in [0.717, 1.165) is 33.9 Å². The molecule has 3 aromatic rings. The second-order valence-corrected chi connectivity index (χ2v) is 8.02. The van der Waals surface area contributed by atoms with Crippen molar-refractivity contribution >= 4 is 51.9 Å². The highest BCUT2D eigenvalue weighted by Gasteiger charge is 2.15. The van der Waals surface area contributed by atoms with Gasteiger partial charge in [0.25, 0.3) is 0 Å². The maximum atomic E-state index is 6.31. The van der Waals surface area contributed by atoms with Crippen molar-refractivity contribution in [1.29, 1.82) is 0 Å². The van der Waals surface area contributed by atoms with Gasteiger partial charge in [0.05, 0.1) is 23.6 Å². The molecule has 2 aromatic carbocycles. The number of rotatable bonds is 4. The quantitative estimate of drug-likeness (QED) is 0.475. The fourth-order valence-electron chi connectivity index (χ4n) is 3.00. The van der Waals surface area contributed by atoms with Gasteiger partial charge in [-0.2, -0.15) is 5.10 Å². The number of benzene rings is 2. The number of aromatic nitrogens is 2. The Kier molecular flexibility index (Phi) is 6.28. The lowest BCUT2D eigenvalue weighted by Gasteiger charge is -2.14. The molecule has 0 aliphatic carbocycles. The van der Waals surface area contributed by atoms with Crippen molar-refractivity contribution in [3.8, 4) is 0 Å². The van der Waals surface area contributed by atoms with E-state index in [4.69, 9.17) is 35.4 Å². The standard InChI is InChI=1S/C21H22Cl2N4S/c1-12-8-9-13(2)19(10-12)24-21(28)25-20-14(3)26-27(15(20)4)11-16-17(22)6-5-7-18(16)23/h5-10H,11H2,1-4H3,(H2,24,25,28). The monoisotopic (exact) mass is 432 g/mol. The molecule has 0 fully saturated rings. The molecule has 0 amide bonds. The minimum atomic E-state index is 0.490. The molecule has 3 rings (SSSR count). The van der Waals surface area contributed by atoms with Crippen molar-refractivity contribution in [3.05, 3.63) is 74.5 Å². The van der Waals surface area contributed by atoms with Gasteiger partial charge in [-0.25, -0.2) is 0 Å². The SMILES string of the molecule is Cc1ccc(C)c(NC(=S)Nc2c(C)nn(Cc3c(Cl)cccc3Cl)c2C)c1. The summed E-state index contributed by atoms with van der Waals surface area (Å²) in [5.41, 5.74) is 6.83. The normalized spacial score (nSPS) is 10.8. The van der Waals surface area contributed by atoms with Crippen LogP contribution in [0.25, 0.3) is 0 Å². The molecular weight excluding hydrogens is 411 g/mol. The Hall–Kier alpha value is -2.08. The minimum Gasteiger partial charge on any atom is -0.332 e. The number of hydrogen-bond donors (Lipinski definition) is 2. The lowest BCUT2D eigenvalue weighted by molar-refractivity contribution is 0.659. The van der Waals surface area contributed by atoms with Crippen molar-refractivity contribution in [2.24, 2.45) is 0 Å². The summed E-state index contributed by atoms with van der Waals surface area (Å²) in [5.74, 6) is 0. The maximum absolute atomic E-state index is 6.31. The molecular formula is C21H22Cl2N4S. The minimum absolute atomic E-state index is 0.490. The van der Waals surface area contributed by atoms with E-state index in [1.807, 2.05) is 43.7 Å². The summed E-state index contributed by atoms with van der Waals surface area (Å²) in [7, 11) is 0. The number of hydrogen-bond acceptors (Lipinski definition) is 2. The van der Waals surface area contributed by atoms with Crippen LogP contribution in [0.5, 0.6) is 0 Å². The number of anilines is 2. The number of nitrogens with one attached hydrogen (secondary N) is 2. The highest BCUT2D eigenvalue weighted by atomic mass is 35.5. The molecule has 0 spiro atoms. The van der Waals surface area contributed by atoms with Gasteiger partial charge in [-0.1, -0.05) is 41.4 Å². The van der Waals surface area contributed by atoms with E-state index in [0.29, 0.717) is 21.7 Å². The van der Waals surface area contributed by atoms with E-state index in [9.17, 15) is 0 Å². The van der Waals surface area contributed by atoms with Crippen molar-refractivity contribution in [2.45, 2.75) is 34.2 Å². The van der Waals surface area contributed by atoms with E-state index in [1.54, 1.807) is 0 Å². The topological polar surface area (TPSA) is 41.9 Å². The van der Waals surface area contributed by atoms with Crippen molar-refractivity contribution in [3.63, 3.8) is 0 Å². The zero-order valence-corrected chi connectivity index (χ0v) is 18.6. The second kappa shape index (κ2) is 8.52. The predicted octanol–water partition coefficient (Wildman–Crippen LogP) is 6.28. The first-order chi connectivity index (χ1) is 13.3. The summed E-state index contributed by atoms with van der Waals surface area (Å²) in [5, 5.41) is 13.0. The molecule has 0 saturated carbocycles. The molecule has 146 valence electrons. The fraction of sp³-hybridized carbons (Fsp3) is 0.238. The van der Waals surface area contributed by atoms with Crippen LogP contribution >= 0.6 is 35.4 Å². The van der Waals surface area contributed by atoms with Crippen LogP contribution in [-0.4, -0.2) is 14.9 Å². The van der Waals surface area contributed by atoms with E-state index in [-0.39, 0.29) is 0 Å². The van der Waals surface area contributed by atoms with E-state index in [1.165, 1.54) is 5.56 Å². The fourth-order valence-corrected chi connectivity index (χ4v) is 3.73. The largest absolute Gasteiger partial charge is 0.332 e. The molecule has 2 N–H and O–H groups in total. The third-order valence-corrected chi connectivity index (χ3v) is 5.54. The molecule has 0 saturated heterocycles. The lowest BCUT2D eigenvalue weighted by Crippen LogP contribution is -2.20. The molecule has 4 nitrogen and oxygen atoms in total. The van der Waals surface area contributed by atoms with Crippen molar-refractivity contribution in [2.75, 3.05) is 10.6 Å². The molecule has 0 aliphatic rings. The Balaban J connectivity index is 1.80. The van der Waals surface area contributed by atoms with Gasteiger partial charge in [-0.3, -0.25) is 4.68 Å². The van der Waals surface area contributed by atoms with Crippen LogP contribution < -0.4 is 10.6 Å². The molecule has 28 heavy (non-hydrogen) atoms. The van der Waals surface area contributed by atoms with E-state index in [2.05, 4.69) is 40.9 Å². The molecule has 0 unspecified atom stereocenters. The molecule has 0 radical (unpaired) electrons. The van der Waals surface area contributed by atoms with Crippen LogP contribution in [0.15, 0.2) is 36.4 Å². The summed E-state index contributed by atoms with van der Waals surface area (Å²) in [4.78, 5) is 0. The molecule has 0 bridgehead atoms. The average Bonchev–Trinajstić information content (AvgIpc) is 2.89. The van der Waals surface area contributed by atoms with Crippen LogP contribution in [0.2, 0.25) is 10.0 Å². The summed E-state index contributed by atoms with van der Waals surface area (Å²) in [6.07, 6.45) is 0. The summed E-state index contributed by atoms with van der Waals surface area (Å²) < 4.78 is 1.88. The van der Waals surface area contributed by atoms with Crippen molar-refractivity contribution in [1.82, 2.24) is 9.78 Å².